The van der Waals surface area contributed by atoms with E-state index in [0.717, 1.165) is 28.9 Å². The van der Waals surface area contributed by atoms with Gasteiger partial charge in [0, 0.05) is 11.4 Å². The molecule has 1 heterocycles. The molecule has 0 fully saturated rings. The summed E-state index contributed by atoms with van der Waals surface area (Å²) in [6.07, 6.45) is 1.71. The first kappa shape index (κ1) is 18.2. The van der Waals surface area contributed by atoms with Crippen molar-refractivity contribution < 1.29 is 17.9 Å². The molecule has 0 aliphatic rings. The molecule has 0 saturated heterocycles. The van der Waals surface area contributed by atoms with E-state index < -0.39 is 10.0 Å². The number of amides is 1. The summed E-state index contributed by atoms with van der Waals surface area (Å²) in [5.74, 6) is 0.464. The van der Waals surface area contributed by atoms with Gasteiger partial charge in [0.2, 0.25) is 10.0 Å². The van der Waals surface area contributed by atoms with Crippen LogP contribution in [0.25, 0.3) is 0 Å². The van der Waals surface area contributed by atoms with Gasteiger partial charge in [-0.05, 0) is 31.0 Å². The number of methoxy groups -OCH3 is 1. The Morgan fingerprint density at radius 3 is 2.54 bits per heavy atom. The van der Waals surface area contributed by atoms with Crippen LogP contribution in [0.4, 0.5) is 5.13 Å². The van der Waals surface area contributed by atoms with Crippen LogP contribution in [0.15, 0.2) is 24.3 Å². The van der Waals surface area contributed by atoms with Crippen molar-refractivity contribution in [2.24, 2.45) is 0 Å². The van der Waals surface area contributed by atoms with Crippen molar-refractivity contribution in [1.82, 2.24) is 10.3 Å². The Kier molecular flexibility index (Phi) is 5.79. The highest BCUT2D eigenvalue weighted by molar-refractivity contribution is 7.92. The maximum absolute atomic E-state index is 12.2. The largest absolute Gasteiger partial charge is 0.497 e. The zero-order chi connectivity index (χ0) is 17.7. The third kappa shape index (κ3) is 5.20. The molecule has 0 spiro atoms. The molecule has 1 amide bonds. The number of nitrogens with zero attached hydrogens (tertiary/aromatic N) is 1. The maximum atomic E-state index is 12.2. The van der Waals surface area contributed by atoms with E-state index in [-0.39, 0.29) is 16.7 Å². The lowest BCUT2D eigenvalue weighted by Gasteiger charge is -2.05. The summed E-state index contributed by atoms with van der Waals surface area (Å²) < 4.78 is 29.8. The predicted molar refractivity (Wildman–Crippen MR) is 94.3 cm³/mol. The molecule has 0 bridgehead atoms. The Bertz CT molecular complexity index is 814. The predicted octanol–water partition coefficient (Wildman–Crippen LogP) is 1.80. The van der Waals surface area contributed by atoms with Crippen molar-refractivity contribution in [3.63, 3.8) is 0 Å². The molecule has 0 aliphatic heterocycles. The summed E-state index contributed by atoms with van der Waals surface area (Å²) in [6.45, 7) is 2.18. The van der Waals surface area contributed by atoms with Crippen molar-refractivity contribution in [3.05, 3.63) is 40.4 Å². The average Bonchev–Trinajstić information content (AvgIpc) is 2.86. The number of anilines is 1. The first-order valence-electron chi connectivity index (χ1n) is 7.15. The van der Waals surface area contributed by atoms with E-state index in [2.05, 4.69) is 15.0 Å². The monoisotopic (exact) mass is 369 g/mol. The third-order valence-corrected chi connectivity index (χ3v) is 4.72. The molecule has 2 N–H and O–H groups in total. The lowest BCUT2D eigenvalue weighted by molar-refractivity contribution is 0.0949. The number of carbonyl (C=O) groups is 1. The Labute approximate surface area is 145 Å². The van der Waals surface area contributed by atoms with Crippen molar-refractivity contribution in [2.45, 2.75) is 13.3 Å². The number of sulfonamides is 1. The fraction of sp³-hybridized carbons (Fsp3) is 0.333. The number of rotatable bonds is 7. The lowest BCUT2D eigenvalue weighted by atomic mass is 10.1. The van der Waals surface area contributed by atoms with Crippen molar-refractivity contribution in [1.29, 1.82) is 0 Å². The molecule has 9 heteroatoms. The van der Waals surface area contributed by atoms with Gasteiger partial charge in [0.15, 0.2) is 5.13 Å². The van der Waals surface area contributed by atoms with E-state index in [0.29, 0.717) is 17.8 Å². The van der Waals surface area contributed by atoms with Crippen LogP contribution in [0, 0.1) is 6.92 Å². The number of aryl methyl sites for hydroxylation is 1. The smallest absolute Gasteiger partial charge is 0.271 e. The molecule has 0 aliphatic carbocycles. The number of hydrogen-bond acceptors (Lipinski definition) is 6. The van der Waals surface area contributed by atoms with Gasteiger partial charge in [-0.1, -0.05) is 12.1 Å². The number of benzene rings is 1. The molecule has 24 heavy (non-hydrogen) atoms. The summed E-state index contributed by atoms with van der Waals surface area (Å²) in [7, 11) is -1.80. The summed E-state index contributed by atoms with van der Waals surface area (Å²) in [6, 6.07) is 7.61. The highest BCUT2D eigenvalue weighted by Gasteiger charge is 2.16. The van der Waals surface area contributed by atoms with E-state index >= 15 is 0 Å². The van der Waals surface area contributed by atoms with E-state index in [9.17, 15) is 13.2 Å². The summed E-state index contributed by atoms with van der Waals surface area (Å²) in [4.78, 5) is 16.9. The number of hydrogen-bond donors (Lipinski definition) is 2. The number of nitrogens with one attached hydrogen (secondary N) is 2. The van der Waals surface area contributed by atoms with E-state index in [1.807, 2.05) is 24.3 Å². The van der Waals surface area contributed by atoms with Gasteiger partial charge in [-0.3, -0.25) is 9.52 Å². The van der Waals surface area contributed by atoms with Gasteiger partial charge in [0.05, 0.1) is 13.4 Å². The molecule has 7 nitrogen and oxygen atoms in total. The maximum Gasteiger partial charge on any atom is 0.271 e. The SMILES string of the molecule is COc1ccc(CCNC(=O)c2nc(NS(C)(=O)=O)sc2C)cc1. The number of thiazole rings is 1. The topological polar surface area (TPSA) is 97.4 Å². The minimum absolute atomic E-state index is 0.190. The second kappa shape index (κ2) is 7.63. The van der Waals surface area contributed by atoms with Gasteiger partial charge in [0.25, 0.3) is 5.91 Å². The molecular formula is C15H19N3O4S2. The first-order chi connectivity index (χ1) is 11.3. The Balaban J connectivity index is 1.92. The molecule has 130 valence electrons. The highest BCUT2D eigenvalue weighted by Crippen LogP contribution is 2.22. The minimum atomic E-state index is -3.41. The first-order valence-corrected chi connectivity index (χ1v) is 9.85. The Hall–Kier alpha value is -2.13. The summed E-state index contributed by atoms with van der Waals surface area (Å²) in [5, 5.41) is 2.98. The number of aromatic nitrogens is 1. The quantitative estimate of drug-likeness (QED) is 0.776. The Morgan fingerprint density at radius 1 is 1.29 bits per heavy atom. The van der Waals surface area contributed by atoms with E-state index in [1.165, 1.54) is 0 Å². The molecule has 0 unspecified atom stereocenters. The number of ether oxygens (including phenoxy) is 1. The molecule has 1 aromatic heterocycles. The van der Waals surface area contributed by atoms with Crippen LogP contribution in [0.2, 0.25) is 0 Å². The molecule has 2 aromatic rings. The van der Waals surface area contributed by atoms with Gasteiger partial charge in [-0.25, -0.2) is 13.4 Å². The van der Waals surface area contributed by atoms with E-state index in [4.69, 9.17) is 4.74 Å². The molecular weight excluding hydrogens is 350 g/mol. The zero-order valence-electron chi connectivity index (χ0n) is 13.6. The highest BCUT2D eigenvalue weighted by atomic mass is 32.2. The van der Waals surface area contributed by atoms with Crippen LogP contribution in [0.5, 0.6) is 5.75 Å². The van der Waals surface area contributed by atoms with Crippen molar-refractivity contribution in [2.75, 3.05) is 24.6 Å². The Morgan fingerprint density at radius 2 is 1.96 bits per heavy atom. The molecule has 0 radical (unpaired) electrons. The molecule has 1 aromatic carbocycles. The van der Waals surface area contributed by atoms with E-state index in [1.54, 1.807) is 14.0 Å². The van der Waals surface area contributed by atoms with Crippen LogP contribution >= 0.6 is 11.3 Å². The summed E-state index contributed by atoms with van der Waals surface area (Å²) >= 11 is 1.13. The molecule has 0 atom stereocenters. The standard InChI is InChI=1S/C15H19N3O4S2/c1-10-13(17-15(23-10)18-24(3,20)21)14(19)16-9-8-11-4-6-12(22-2)7-5-11/h4-7H,8-9H2,1-3H3,(H,16,19)(H,17,18). The number of carbonyl (C=O) groups excluding carboxylic acids is 1. The van der Waals surface area contributed by atoms with Gasteiger partial charge in [0.1, 0.15) is 11.4 Å². The van der Waals surface area contributed by atoms with Crippen LogP contribution < -0.4 is 14.8 Å². The van der Waals surface area contributed by atoms with Crippen molar-refractivity contribution >= 4 is 32.4 Å². The van der Waals surface area contributed by atoms with Crippen LogP contribution in [-0.2, 0) is 16.4 Å². The van der Waals surface area contributed by atoms with Gasteiger partial charge >= 0.3 is 0 Å². The third-order valence-electron chi connectivity index (χ3n) is 3.14. The summed E-state index contributed by atoms with van der Waals surface area (Å²) in [5.41, 5.74) is 1.31. The second-order valence-electron chi connectivity index (χ2n) is 5.15. The van der Waals surface area contributed by atoms with Gasteiger partial charge < -0.3 is 10.1 Å². The average molecular weight is 369 g/mol. The zero-order valence-corrected chi connectivity index (χ0v) is 15.3. The van der Waals surface area contributed by atoms with Gasteiger partial charge in [-0.2, -0.15) is 0 Å². The lowest BCUT2D eigenvalue weighted by Crippen LogP contribution is -2.26. The minimum Gasteiger partial charge on any atom is -0.497 e. The van der Waals surface area contributed by atoms with Crippen LogP contribution in [0.1, 0.15) is 20.9 Å². The fourth-order valence-electron chi connectivity index (χ4n) is 2.01. The second-order valence-corrected chi connectivity index (χ2v) is 8.10. The van der Waals surface area contributed by atoms with Crippen molar-refractivity contribution in [3.8, 4) is 5.75 Å². The molecule has 2 rings (SSSR count). The normalized spacial score (nSPS) is 11.1. The van der Waals surface area contributed by atoms with Crippen LogP contribution in [-0.4, -0.2) is 39.2 Å². The van der Waals surface area contributed by atoms with Gasteiger partial charge in [-0.15, -0.1) is 11.3 Å². The van der Waals surface area contributed by atoms with Crippen LogP contribution in [0.3, 0.4) is 0 Å². The molecule has 0 saturated carbocycles. The fourth-order valence-corrected chi connectivity index (χ4v) is 3.65.